The summed E-state index contributed by atoms with van der Waals surface area (Å²) in [6.45, 7) is 2.57. The first-order chi connectivity index (χ1) is 4.79. The first-order valence-corrected chi connectivity index (χ1v) is 3.37. The highest BCUT2D eigenvalue weighted by Crippen LogP contribution is 2.02. The molecule has 4 heteroatoms. The molecule has 0 unspecified atom stereocenters. The minimum atomic E-state index is 0.521. The monoisotopic (exact) mass is 140 g/mol. The van der Waals surface area contributed by atoms with Gasteiger partial charge in [0.05, 0.1) is 11.4 Å². The molecular weight excluding hydrogens is 128 g/mol. The maximum absolute atomic E-state index is 5.47. The maximum Gasteiger partial charge on any atom is 0.0869 e. The Bertz CT molecular complexity index is 216. The van der Waals surface area contributed by atoms with Gasteiger partial charge >= 0.3 is 0 Å². The van der Waals surface area contributed by atoms with E-state index >= 15 is 0 Å². The number of aryl methyl sites for hydroxylation is 2. The van der Waals surface area contributed by atoms with Gasteiger partial charge < -0.3 is 5.73 Å². The third-order valence-corrected chi connectivity index (χ3v) is 1.55. The highest BCUT2D eigenvalue weighted by molar-refractivity contribution is 5.08. The van der Waals surface area contributed by atoms with E-state index in [4.69, 9.17) is 5.73 Å². The summed E-state index contributed by atoms with van der Waals surface area (Å²) < 4.78 is 1.72. The molecule has 0 amide bonds. The van der Waals surface area contributed by atoms with Gasteiger partial charge in [-0.05, 0) is 6.42 Å². The third-order valence-electron chi connectivity index (χ3n) is 1.55. The number of nitrogens with two attached hydrogens (primary N) is 1. The van der Waals surface area contributed by atoms with Crippen LogP contribution in [-0.4, -0.2) is 15.0 Å². The van der Waals surface area contributed by atoms with E-state index in [0.717, 1.165) is 17.8 Å². The van der Waals surface area contributed by atoms with Crippen molar-refractivity contribution in [2.24, 2.45) is 12.8 Å². The Hall–Kier alpha value is -0.900. The van der Waals surface area contributed by atoms with E-state index in [1.807, 2.05) is 14.0 Å². The molecule has 56 valence electrons. The van der Waals surface area contributed by atoms with Crippen LogP contribution < -0.4 is 5.73 Å². The van der Waals surface area contributed by atoms with Crippen molar-refractivity contribution in [1.82, 2.24) is 15.0 Å². The van der Waals surface area contributed by atoms with Crippen LogP contribution in [0.1, 0.15) is 18.3 Å². The SMILES string of the molecule is CCc1nnn(C)c1CN. The smallest absolute Gasteiger partial charge is 0.0869 e. The van der Waals surface area contributed by atoms with Crippen molar-refractivity contribution in [3.8, 4) is 0 Å². The number of hydrogen-bond acceptors (Lipinski definition) is 3. The minimum absolute atomic E-state index is 0.521. The molecule has 1 rings (SSSR count). The average molecular weight is 140 g/mol. The van der Waals surface area contributed by atoms with Gasteiger partial charge in [0.15, 0.2) is 0 Å². The highest BCUT2D eigenvalue weighted by atomic mass is 15.4. The summed E-state index contributed by atoms with van der Waals surface area (Å²) >= 11 is 0. The lowest BCUT2D eigenvalue weighted by atomic mass is 10.2. The summed E-state index contributed by atoms with van der Waals surface area (Å²) in [7, 11) is 1.86. The maximum atomic E-state index is 5.47. The van der Waals surface area contributed by atoms with E-state index in [9.17, 15) is 0 Å². The molecule has 0 aliphatic rings. The quantitative estimate of drug-likeness (QED) is 0.620. The molecule has 0 atom stereocenters. The zero-order valence-corrected chi connectivity index (χ0v) is 6.33. The fraction of sp³-hybridized carbons (Fsp3) is 0.667. The van der Waals surface area contributed by atoms with Gasteiger partial charge in [0.25, 0.3) is 0 Å². The average Bonchev–Trinajstić information content (AvgIpc) is 2.30. The number of hydrogen-bond donors (Lipinski definition) is 1. The second-order valence-corrected chi connectivity index (χ2v) is 2.16. The summed E-state index contributed by atoms with van der Waals surface area (Å²) in [6.07, 6.45) is 0.903. The molecule has 1 heterocycles. The Morgan fingerprint density at radius 1 is 1.60 bits per heavy atom. The Balaban J connectivity index is 3.01. The molecular formula is C6H12N4. The first kappa shape index (κ1) is 7.21. The summed E-state index contributed by atoms with van der Waals surface area (Å²) in [5.41, 5.74) is 7.51. The molecule has 4 nitrogen and oxygen atoms in total. The van der Waals surface area contributed by atoms with Gasteiger partial charge in [-0.2, -0.15) is 0 Å². The van der Waals surface area contributed by atoms with Crippen molar-refractivity contribution in [3.05, 3.63) is 11.4 Å². The zero-order valence-electron chi connectivity index (χ0n) is 6.33. The summed E-state index contributed by atoms with van der Waals surface area (Å²) in [4.78, 5) is 0. The Morgan fingerprint density at radius 2 is 2.30 bits per heavy atom. The van der Waals surface area contributed by atoms with Crippen LogP contribution >= 0.6 is 0 Å². The van der Waals surface area contributed by atoms with Gasteiger partial charge in [0.2, 0.25) is 0 Å². The second kappa shape index (κ2) is 2.79. The molecule has 2 N–H and O–H groups in total. The summed E-state index contributed by atoms with van der Waals surface area (Å²) in [5, 5.41) is 7.78. The van der Waals surface area contributed by atoms with Crippen LogP contribution in [0, 0.1) is 0 Å². The predicted molar refractivity (Wildman–Crippen MR) is 38.3 cm³/mol. The van der Waals surface area contributed by atoms with Crippen molar-refractivity contribution >= 4 is 0 Å². The standard InChI is InChI=1S/C6H12N4/c1-3-5-6(4-7)10(2)9-8-5/h3-4,7H2,1-2H3. The zero-order chi connectivity index (χ0) is 7.56. The number of nitrogens with zero attached hydrogens (tertiary/aromatic N) is 3. The summed E-state index contributed by atoms with van der Waals surface area (Å²) in [5.74, 6) is 0. The minimum Gasteiger partial charge on any atom is -0.325 e. The predicted octanol–water partition coefficient (Wildman–Crippen LogP) is -0.164. The third kappa shape index (κ3) is 1.02. The van der Waals surface area contributed by atoms with E-state index < -0.39 is 0 Å². The van der Waals surface area contributed by atoms with Crippen LogP contribution in [0.3, 0.4) is 0 Å². The summed E-state index contributed by atoms with van der Waals surface area (Å²) in [6, 6.07) is 0. The van der Waals surface area contributed by atoms with Gasteiger partial charge in [-0.25, -0.2) is 0 Å². The van der Waals surface area contributed by atoms with Crippen LogP contribution in [0.25, 0.3) is 0 Å². The molecule has 0 saturated heterocycles. The van der Waals surface area contributed by atoms with Crippen LogP contribution in [0.15, 0.2) is 0 Å². The molecule has 0 aromatic carbocycles. The fourth-order valence-corrected chi connectivity index (χ4v) is 0.944. The van der Waals surface area contributed by atoms with Gasteiger partial charge in [-0.1, -0.05) is 12.1 Å². The molecule has 1 aromatic heterocycles. The topological polar surface area (TPSA) is 56.7 Å². The van der Waals surface area contributed by atoms with Gasteiger partial charge in [0, 0.05) is 13.6 Å². The normalized spacial score (nSPS) is 10.3. The number of aromatic nitrogens is 3. The Kier molecular flexibility index (Phi) is 2.01. The van der Waals surface area contributed by atoms with Crippen molar-refractivity contribution < 1.29 is 0 Å². The molecule has 0 saturated carbocycles. The van der Waals surface area contributed by atoms with Crippen molar-refractivity contribution in [1.29, 1.82) is 0 Å². The molecule has 0 radical (unpaired) electrons. The van der Waals surface area contributed by atoms with E-state index in [1.165, 1.54) is 0 Å². The molecule has 0 bridgehead atoms. The molecule has 0 fully saturated rings. The molecule has 0 aliphatic heterocycles. The van der Waals surface area contributed by atoms with Crippen LogP contribution in [-0.2, 0) is 20.0 Å². The number of rotatable bonds is 2. The van der Waals surface area contributed by atoms with Gasteiger partial charge in [0.1, 0.15) is 0 Å². The van der Waals surface area contributed by atoms with Crippen molar-refractivity contribution in [2.45, 2.75) is 19.9 Å². The fourth-order valence-electron chi connectivity index (χ4n) is 0.944. The van der Waals surface area contributed by atoms with Gasteiger partial charge in [-0.3, -0.25) is 4.68 Å². The van der Waals surface area contributed by atoms with Crippen LogP contribution in [0.2, 0.25) is 0 Å². The van der Waals surface area contributed by atoms with Crippen LogP contribution in [0.4, 0.5) is 0 Å². The van der Waals surface area contributed by atoms with Crippen LogP contribution in [0.5, 0.6) is 0 Å². The molecule has 0 spiro atoms. The Labute approximate surface area is 60.0 Å². The van der Waals surface area contributed by atoms with Crippen molar-refractivity contribution in [3.63, 3.8) is 0 Å². The largest absolute Gasteiger partial charge is 0.325 e. The second-order valence-electron chi connectivity index (χ2n) is 2.16. The molecule has 1 aromatic rings. The van der Waals surface area contributed by atoms with E-state index in [1.54, 1.807) is 4.68 Å². The first-order valence-electron chi connectivity index (χ1n) is 3.37. The Morgan fingerprint density at radius 3 is 2.70 bits per heavy atom. The lowest BCUT2D eigenvalue weighted by Gasteiger charge is -1.96. The molecule has 0 aliphatic carbocycles. The molecule has 10 heavy (non-hydrogen) atoms. The van der Waals surface area contributed by atoms with Gasteiger partial charge in [-0.15, -0.1) is 5.10 Å². The van der Waals surface area contributed by atoms with E-state index in [-0.39, 0.29) is 0 Å². The lowest BCUT2D eigenvalue weighted by Crippen LogP contribution is -2.06. The van der Waals surface area contributed by atoms with Crippen molar-refractivity contribution in [2.75, 3.05) is 0 Å². The highest BCUT2D eigenvalue weighted by Gasteiger charge is 2.04. The lowest BCUT2D eigenvalue weighted by molar-refractivity contribution is 0.678. The van der Waals surface area contributed by atoms with E-state index in [2.05, 4.69) is 10.3 Å². The van der Waals surface area contributed by atoms with E-state index in [0.29, 0.717) is 6.54 Å².